The molecule has 7 heteroatoms. The molecule has 348 valence electrons. The van der Waals surface area contributed by atoms with E-state index in [1.54, 1.807) is 19.8 Å². The molecule has 6 unspecified atom stereocenters. The van der Waals surface area contributed by atoms with Crippen LogP contribution < -0.4 is 9.47 Å². The third-order valence-electron chi connectivity index (χ3n) is 17.8. The Balaban J connectivity index is 0.847. The first-order chi connectivity index (χ1) is 30.9. The first kappa shape index (κ1) is 46.7. The van der Waals surface area contributed by atoms with Gasteiger partial charge in [-0.25, -0.2) is 4.79 Å². The average molecular weight is 874 g/mol. The maximum Gasteiger partial charge on any atom is 0.410 e. The molecule has 1 heterocycles. The number of carbonyl (C=O) groups excluding carboxylic acids is 1. The molecule has 1 amide bonds. The van der Waals surface area contributed by atoms with Crippen molar-refractivity contribution in [3.63, 3.8) is 0 Å². The third-order valence-corrected chi connectivity index (χ3v) is 17.8. The minimum Gasteiger partial charge on any atom is -0.497 e. The number of aliphatic hydroxyl groups is 1. The number of methoxy groups -OCH3 is 2. The second kappa shape index (κ2) is 20.0. The highest BCUT2D eigenvalue weighted by molar-refractivity contribution is 5.68. The number of likely N-dealkylation sites (tertiary alicyclic amines) is 1. The SMILES string of the molecule is COc1ccc(C(OCCC(O)C2CCN(C(=O)O[C@@H]3CC[C@]4(C)C(=CCC5C6CCC(C(C)CCCC(C)C)[C@]6(C)CCC54)C3)CC2)(c2ccccc2)c2ccc(OC)cc2)cc1. The van der Waals surface area contributed by atoms with Gasteiger partial charge in [-0.15, -0.1) is 0 Å². The molecule has 3 aromatic carbocycles. The van der Waals surface area contributed by atoms with Crippen LogP contribution >= 0.6 is 0 Å². The fraction of sp³-hybridized carbons (Fsp3) is 0.632. The maximum atomic E-state index is 13.7. The van der Waals surface area contributed by atoms with E-state index in [2.05, 4.69) is 77.1 Å². The molecule has 4 aliphatic carbocycles. The van der Waals surface area contributed by atoms with Gasteiger partial charge in [0.05, 0.1) is 26.9 Å². The lowest BCUT2D eigenvalue weighted by atomic mass is 9.47. The lowest BCUT2D eigenvalue weighted by Gasteiger charge is -2.58. The van der Waals surface area contributed by atoms with Gasteiger partial charge in [0.25, 0.3) is 0 Å². The van der Waals surface area contributed by atoms with Gasteiger partial charge in [0, 0.05) is 19.5 Å². The van der Waals surface area contributed by atoms with E-state index in [-0.39, 0.29) is 23.5 Å². The van der Waals surface area contributed by atoms with Crippen molar-refractivity contribution >= 4 is 6.09 Å². The van der Waals surface area contributed by atoms with Crippen molar-refractivity contribution in [2.75, 3.05) is 33.9 Å². The number of piperidine rings is 1. The van der Waals surface area contributed by atoms with E-state index >= 15 is 0 Å². The van der Waals surface area contributed by atoms with Crippen LogP contribution in [0, 0.1) is 52.3 Å². The Morgan fingerprint density at radius 2 is 1.41 bits per heavy atom. The molecule has 1 aliphatic heterocycles. The van der Waals surface area contributed by atoms with E-state index in [1.807, 2.05) is 47.4 Å². The van der Waals surface area contributed by atoms with Crippen LogP contribution in [-0.4, -0.2) is 62.2 Å². The topological polar surface area (TPSA) is 77.5 Å². The maximum absolute atomic E-state index is 13.7. The van der Waals surface area contributed by atoms with Crippen LogP contribution in [0.4, 0.5) is 4.79 Å². The quantitative estimate of drug-likeness (QED) is 0.114. The molecule has 0 aromatic heterocycles. The van der Waals surface area contributed by atoms with Crippen molar-refractivity contribution in [3.05, 3.63) is 107 Å². The van der Waals surface area contributed by atoms with Gasteiger partial charge in [0.2, 0.25) is 0 Å². The molecule has 9 atom stereocenters. The normalized spacial score (nSPS) is 29.2. The van der Waals surface area contributed by atoms with Crippen molar-refractivity contribution in [1.82, 2.24) is 4.90 Å². The number of carbonyl (C=O) groups is 1. The minimum atomic E-state index is -0.929. The second-order valence-electron chi connectivity index (χ2n) is 21.6. The monoisotopic (exact) mass is 874 g/mol. The van der Waals surface area contributed by atoms with Gasteiger partial charge < -0.3 is 29.0 Å². The lowest BCUT2D eigenvalue weighted by molar-refractivity contribution is -0.0599. The number of aliphatic hydroxyl groups excluding tert-OH is 1. The van der Waals surface area contributed by atoms with E-state index in [4.69, 9.17) is 18.9 Å². The van der Waals surface area contributed by atoms with Gasteiger partial charge in [-0.2, -0.15) is 0 Å². The number of benzene rings is 3. The standard InChI is InChI=1S/C57H79NO6/c1-39(2)12-11-13-40(3)50-26-27-51-49-25-20-45-38-48(28-33-55(45,4)52(49)29-34-56(50,51)5)64-54(60)58-35-30-41(31-36-58)53(59)32-37-63-57(42-14-9-8-10-15-42,43-16-21-46(61-6)22-17-43)44-18-23-47(62-7)24-19-44/h8-10,14-24,39-41,48-53,59H,11-13,25-38H2,1-7H3/t40?,48-,49?,50?,51?,52?,53?,55-,56+/m1/s1. The van der Waals surface area contributed by atoms with Crippen molar-refractivity contribution in [1.29, 1.82) is 0 Å². The predicted octanol–water partition coefficient (Wildman–Crippen LogP) is 13.0. The van der Waals surface area contributed by atoms with Gasteiger partial charge in [-0.05, 0) is 157 Å². The molecule has 1 N–H and O–H groups in total. The number of rotatable bonds is 16. The number of ether oxygens (including phenoxy) is 4. The van der Waals surface area contributed by atoms with Crippen LogP contribution in [0.15, 0.2) is 90.5 Å². The van der Waals surface area contributed by atoms with Crippen molar-refractivity contribution in [2.45, 2.75) is 142 Å². The molecule has 0 spiro atoms. The zero-order valence-electron chi connectivity index (χ0n) is 40.2. The summed E-state index contributed by atoms with van der Waals surface area (Å²) >= 11 is 0. The highest BCUT2D eigenvalue weighted by atomic mass is 16.6. The number of fused-ring (bicyclic) bond motifs is 5. The summed E-state index contributed by atoms with van der Waals surface area (Å²) in [6.45, 7) is 14.1. The van der Waals surface area contributed by atoms with Gasteiger partial charge in [-0.1, -0.05) is 120 Å². The highest BCUT2D eigenvalue weighted by Gasteiger charge is 2.59. The average Bonchev–Trinajstić information content (AvgIpc) is 3.68. The van der Waals surface area contributed by atoms with Crippen LogP contribution in [0.1, 0.15) is 141 Å². The Hall–Kier alpha value is -3.81. The first-order valence-corrected chi connectivity index (χ1v) is 25.2. The van der Waals surface area contributed by atoms with Gasteiger partial charge in [0.15, 0.2) is 0 Å². The van der Waals surface area contributed by atoms with E-state index in [9.17, 15) is 9.90 Å². The molecule has 4 fully saturated rings. The van der Waals surface area contributed by atoms with Gasteiger partial charge in [-0.3, -0.25) is 0 Å². The molecular weight excluding hydrogens is 795 g/mol. The summed E-state index contributed by atoms with van der Waals surface area (Å²) < 4.78 is 24.4. The van der Waals surface area contributed by atoms with Crippen LogP contribution in [0.5, 0.6) is 11.5 Å². The Kier molecular flexibility index (Phi) is 14.6. The fourth-order valence-corrected chi connectivity index (χ4v) is 14.1. The molecule has 0 radical (unpaired) electrons. The van der Waals surface area contributed by atoms with E-state index in [0.717, 1.165) is 95.8 Å². The first-order valence-electron chi connectivity index (χ1n) is 25.2. The molecule has 0 bridgehead atoms. The number of allylic oxidation sites excluding steroid dienone is 1. The summed E-state index contributed by atoms with van der Waals surface area (Å²) in [5, 5.41) is 11.6. The van der Waals surface area contributed by atoms with Gasteiger partial charge in [0.1, 0.15) is 23.2 Å². The lowest BCUT2D eigenvalue weighted by Crippen LogP contribution is -2.51. The van der Waals surface area contributed by atoms with E-state index < -0.39 is 11.7 Å². The molecule has 1 saturated heterocycles. The van der Waals surface area contributed by atoms with E-state index in [0.29, 0.717) is 31.5 Å². The highest BCUT2D eigenvalue weighted by Crippen LogP contribution is 2.67. The van der Waals surface area contributed by atoms with Crippen LogP contribution in [-0.2, 0) is 15.1 Å². The summed E-state index contributed by atoms with van der Waals surface area (Å²) in [5.41, 5.74) is 4.29. The predicted molar refractivity (Wildman–Crippen MR) is 256 cm³/mol. The minimum absolute atomic E-state index is 0.0541. The molecule has 3 saturated carbocycles. The van der Waals surface area contributed by atoms with Crippen molar-refractivity contribution in [2.24, 2.45) is 52.3 Å². The van der Waals surface area contributed by atoms with Crippen LogP contribution in [0.2, 0.25) is 0 Å². The molecule has 8 rings (SSSR count). The van der Waals surface area contributed by atoms with Crippen LogP contribution in [0.25, 0.3) is 0 Å². The summed E-state index contributed by atoms with van der Waals surface area (Å²) in [6.07, 6.45) is 17.7. The summed E-state index contributed by atoms with van der Waals surface area (Å²) in [5.74, 6) is 6.55. The summed E-state index contributed by atoms with van der Waals surface area (Å²) in [7, 11) is 3.34. The zero-order valence-corrected chi connectivity index (χ0v) is 40.2. The van der Waals surface area contributed by atoms with E-state index in [1.165, 1.54) is 51.4 Å². The number of nitrogens with zero attached hydrogens (tertiary/aromatic N) is 1. The summed E-state index contributed by atoms with van der Waals surface area (Å²) in [4.78, 5) is 15.6. The number of hydrogen-bond donors (Lipinski definition) is 1. The molecule has 64 heavy (non-hydrogen) atoms. The largest absolute Gasteiger partial charge is 0.497 e. The Morgan fingerprint density at radius 3 is 2.03 bits per heavy atom. The Morgan fingerprint density at radius 1 is 0.766 bits per heavy atom. The van der Waals surface area contributed by atoms with Crippen LogP contribution in [0.3, 0.4) is 0 Å². The number of amides is 1. The molecule has 3 aromatic rings. The molecular formula is C57H79NO6. The zero-order chi connectivity index (χ0) is 45.1. The third kappa shape index (κ3) is 9.28. The second-order valence-corrected chi connectivity index (χ2v) is 21.6. The summed E-state index contributed by atoms with van der Waals surface area (Å²) in [6, 6.07) is 26.4. The van der Waals surface area contributed by atoms with Gasteiger partial charge >= 0.3 is 6.09 Å². The number of hydrogen-bond acceptors (Lipinski definition) is 6. The fourth-order valence-electron chi connectivity index (χ4n) is 14.1. The Labute approximate surface area is 385 Å². The Bertz CT molecular complexity index is 1960. The molecule has 7 nitrogen and oxygen atoms in total. The smallest absolute Gasteiger partial charge is 0.410 e. The van der Waals surface area contributed by atoms with Crippen molar-refractivity contribution in [3.8, 4) is 11.5 Å². The molecule has 5 aliphatic rings. The van der Waals surface area contributed by atoms with Crippen molar-refractivity contribution < 1.29 is 28.8 Å².